The average molecular weight is 453 g/mol. The van der Waals surface area contributed by atoms with E-state index < -0.39 is 0 Å². The number of aromatic nitrogens is 4. The summed E-state index contributed by atoms with van der Waals surface area (Å²) in [6, 6.07) is 10.1. The Morgan fingerprint density at radius 1 is 1.03 bits per heavy atom. The SMILES string of the molecule is O=C(CSc1nnc(-c2ccco2)n1C1CCCCC1)N1CCN(c2ccccn2)CC1. The van der Waals surface area contributed by atoms with Gasteiger partial charge in [-0.15, -0.1) is 10.2 Å². The third-order valence-electron chi connectivity index (χ3n) is 6.28. The van der Waals surface area contributed by atoms with Crippen molar-refractivity contribution >= 4 is 23.5 Å². The second-order valence-corrected chi connectivity index (χ2v) is 9.23. The van der Waals surface area contributed by atoms with Crippen molar-refractivity contribution in [2.75, 3.05) is 36.8 Å². The smallest absolute Gasteiger partial charge is 0.233 e. The molecule has 9 heteroatoms. The van der Waals surface area contributed by atoms with Crippen molar-refractivity contribution in [1.29, 1.82) is 0 Å². The molecule has 0 spiro atoms. The van der Waals surface area contributed by atoms with Crippen LogP contribution < -0.4 is 4.90 Å². The lowest BCUT2D eigenvalue weighted by Gasteiger charge is -2.35. The minimum absolute atomic E-state index is 0.147. The second kappa shape index (κ2) is 9.77. The Hall–Kier alpha value is -2.81. The van der Waals surface area contributed by atoms with Crippen molar-refractivity contribution < 1.29 is 9.21 Å². The molecule has 4 heterocycles. The Bertz CT molecular complexity index is 1010. The molecule has 0 atom stereocenters. The number of thioether (sulfide) groups is 1. The number of amides is 1. The molecule has 0 unspecified atom stereocenters. The van der Waals surface area contributed by atoms with E-state index in [1.54, 1.807) is 6.26 Å². The normalized spacial score (nSPS) is 17.6. The predicted octanol–water partition coefficient (Wildman–Crippen LogP) is 3.88. The highest BCUT2D eigenvalue weighted by Crippen LogP contribution is 2.35. The summed E-state index contributed by atoms with van der Waals surface area (Å²) in [5, 5.41) is 9.68. The van der Waals surface area contributed by atoms with Gasteiger partial charge in [-0.25, -0.2) is 4.98 Å². The van der Waals surface area contributed by atoms with Gasteiger partial charge in [-0.05, 0) is 37.1 Å². The Balaban J connectivity index is 1.23. The number of carbonyl (C=O) groups is 1. The summed E-state index contributed by atoms with van der Waals surface area (Å²) in [4.78, 5) is 21.5. The van der Waals surface area contributed by atoms with E-state index in [0.29, 0.717) is 24.9 Å². The van der Waals surface area contributed by atoms with E-state index in [1.807, 2.05) is 41.4 Å². The molecule has 1 saturated heterocycles. The first-order valence-corrected chi connectivity index (χ1v) is 12.3. The summed E-state index contributed by atoms with van der Waals surface area (Å²) in [7, 11) is 0. The van der Waals surface area contributed by atoms with Crippen molar-refractivity contribution in [3.05, 3.63) is 42.8 Å². The third-order valence-corrected chi connectivity index (χ3v) is 7.20. The minimum atomic E-state index is 0.147. The fraction of sp³-hybridized carbons (Fsp3) is 0.478. The molecule has 2 fully saturated rings. The quantitative estimate of drug-likeness (QED) is 0.525. The van der Waals surface area contributed by atoms with Crippen LogP contribution in [0.2, 0.25) is 0 Å². The fourth-order valence-corrected chi connectivity index (χ4v) is 5.47. The number of anilines is 1. The Morgan fingerprint density at radius 2 is 1.88 bits per heavy atom. The zero-order valence-corrected chi connectivity index (χ0v) is 18.9. The lowest BCUT2D eigenvalue weighted by atomic mass is 9.95. The highest BCUT2D eigenvalue weighted by atomic mass is 32.2. The lowest BCUT2D eigenvalue weighted by Crippen LogP contribution is -2.49. The van der Waals surface area contributed by atoms with Gasteiger partial charge in [0.2, 0.25) is 11.7 Å². The van der Waals surface area contributed by atoms with Crippen LogP contribution in [0.15, 0.2) is 52.4 Å². The first-order chi connectivity index (χ1) is 15.8. The van der Waals surface area contributed by atoms with E-state index in [0.717, 1.165) is 48.5 Å². The van der Waals surface area contributed by atoms with E-state index in [2.05, 4.69) is 24.6 Å². The molecule has 3 aromatic heterocycles. The van der Waals surface area contributed by atoms with Gasteiger partial charge in [0.1, 0.15) is 5.82 Å². The van der Waals surface area contributed by atoms with Crippen LogP contribution in [-0.2, 0) is 4.79 Å². The zero-order valence-electron chi connectivity index (χ0n) is 18.1. The largest absolute Gasteiger partial charge is 0.461 e. The van der Waals surface area contributed by atoms with E-state index in [4.69, 9.17) is 4.42 Å². The van der Waals surface area contributed by atoms with Crippen LogP contribution in [-0.4, -0.2) is 62.5 Å². The number of nitrogens with zero attached hydrogens (tertiary/aromatic N) is 6. The molecule has 2 aliphatic rings. The van der Waals surface area contributed by atoms with Crippen molar-refractivity contribution in [2.45, 2.75) is 43.3 Å². The maximum absolute atomic E-state index is 12.9. The van der Waals surface area contributed by atoms with Gasteiger partial charge in [0.25, 0.3) is 0 Å². The van der Waals surface area contributed by atoms with Crippen LogP contribution in [0.4, 0.5) is 5.82 Å². The highest BCUT2D eigenvalue weighted by molar-refractivity contribution is 7.99. The van der Waals surface area contributed by atoms with Gasteiger partial charge in [-0.3, -0.25) is 9.36 Å². The van der Waals surface area contributed by atoms with E-state index >= 15 is 0 Å². The van der Waals surface area contributed by atoms with Gasteiger partial charge < -0.3 is 14.2 Å². The molecule has 0 bridgehead atoms. The molecule has 1 aliphatic carbocycles. The average Bonchev–Trinajstić information content (AvgIpc) is 3.54. The zero-order chi connectivity index (χ0) is 21.8. The number of hydrogen-bond acceptors (Lipinski definition) is 7. The molecule has 8 nitrogen and oxygen atoms in total. The Morgan fingerprint density at radius 3 is 2.59 bits per heavy atom. The van der Waals surface area contributed by atoms with Crippen LogP contribution in [0.1, 0.15) is 38.1 Å². The van der Waals surface area contributed by atoms with Crippen molar-refractivity contribution in [1.82, 2.24) is 24.6 Å². The summed E-state index contributed by atoms with van der Waals surface area (Å²) >= 11 is 1.49. The van der Waals surface area contributed by atoms with Crippen LogP contribution in [0.3, 0.4) is 0 Å². The number of rotatable bonds is 6. The van der Waals surface area contributed by atoms with Gasteiger partial charge in [-0.2, -0.15) is 0 Å². The van der Waals surface area contributed by atoms with Crippen molar-refractivity contribution in [3.63, 3.8) is 0 Å². The molecule has 0 radical (unpaired) electrons. The maximum atomic E-state index is 12.9. The molecule has 5 rings (SSSR count). The molecule has 1 aliphatic heterocycles. The van der Waals surface area contributed by atoms with Gasteiger partial charge in [0.05, 0.1) is 12.0 Å². The minimum Gasteiger partial charge on any atom is -0.461 e. The van der Waals surface area contributed by atoms with Crippen LogP contribution >= 0.6 is 11.8 Å². The van der Waals surface area contributed by atoms with E-state index in [9.17, 15) is 4.79 Å². The molecule has 0 N–H and O–H groups in total. The summed E-state index contributed by atoms with van der Waals surface area (Å²) in [6.07, 6.45) is 9.40. The number of carbonyl (C=O) groups excluding carboxylic acids is 1. The molecule has 1 amide bonds. The number of pyridine rings is 1. The standard InChI is InChI=1S/C23H28N6O2S/c30-21(28-14-12-27(13-15-28)20-10-4-5-11-24-20)17-32-23-26-25-22(19-9-6-16-31-19)29(23)18-7-2-1-3-8-18/h4-6,9-11,16,18H,1-3,7-8,12-15,17H2. The summed E-state index contributed by atoms with van der Waals surface area (Å²) in [6.45, 7) is 3.02. The highest BCUT2D eigenvalue weighted by Gasteiger charge is 2.27. The van der Waals surface area contributed by atoms with Crippen LogP contribution in [0, 0.1) is 0 Å². The first kappa shape index (κ1) is 21.1. The van der Waals surface area contributed by atoms with Crippen LogP contribution in [0.5, 0.6) is 0 Å². The number of hydrogen-bond donors (Lipinski definition) is 0. The molecule has 0 aromatic carbocycles. The van der Waals surface area contributed by atoms with E-state index in [1.165, 1.54) is 31.0 Å². The summed E-state index contributed by atoms with van der Waals surface area (Å²) < 4.78 is 7.82. The predicted molar refractivity (Wildman–Crippen MR) is 124 cm³/mol. The molecular formula is C23H28N6O2S. The lowest BCUT2D eigenvalue weighted by molar-refractivity contribution is -0.128. The maximum Gasteiger partial charge on any atom is 0.233 e. The van der Waals surface area contributed by atoms with Gasteiger partial charge in [0, 0.05) is 38.4 Å². The first-order valence-electron chi connectivity index (χ1n) is 11.3. The molecular weight excluding hydrogens is 424 g/mol. The number of piperazine rings is 1. The Labute approximate surface area is 192 Å². The number of furan rings is 1. The topological polar surface area (TPSA) is 80.3 Å². The second-order valence-electron chi connectivity index (χ2n) is 8.29. The molecule has 3 aromatic rings. The molecule has 1 saturated carbocycles. The van der Waals surface area contributed by atoms with Crippen molar-refractivity contribution in [3.8, 4) is 11.6 Å². The molecule has 168 valence electrons. The Kier molecular flexibility index (Phi) is 6.43. The third kappa shape index (κ3) is 4.53. The molecule has 32 heavy (non-hydrogen) atoms. The van der Waals surface area contributed by atoms with Gasteiger partial charge in [0.15, 0.2) is 10.9 Å². The summed E-state index contributed by atoms with van der Waals surface area (Å²) in [5.74, 6) is 2.98. The van der Waals surface area contributed by atoms with Gasteiger partial charge in [-0.1, -0.05) is 37.1 Å². The van der Waals surface area contributed by atoms with Gasteiger partial charge >= 0.3 is 0 Å². The fourth-order valence-electron chi connectivity index (χ4n) is 4.56. The van der Waals surface area contributed by atoms with Crippen molar-refractivity contribution in [2.24, 2.45) is 0 Å². The monoisotopic (exact) mass is 452 g/mol. The van der Waals surface area contributed by atoms with Crippen LogP contribution in [0.25, 0.3) is 11.6 Å². The summed E-state index contributed by atoms with van der Waals surface area (Å²) in [5.41, 5.74) is 0. The van der Waals surface area contributed by atoms with E-state index in [-0.39, 0.29) is 5.91 Å².